The third-order valence-electron chi connectivity index (χ3n) is 10.7. The van der Waals surface area contributed by atoms with Gasteiger partial charge in [0, 0.05) is 57.8 Å². The SMILES string of the molecule is CC/C=C\CCCCOC(CCC(=O)OCC(COC(=O)CCCCCCC(=O)OCCC#CCCCCCC)COC(=O)OCC1CCCN(CC)C1)OCCCC/C=C\CC. The second-order valence-corrected chi connectivity index (χ2v) is 16.5. The van der Waals surface area contributed by atoms with Gasteiger partial charge in [-0.3, -0.25) is 14.4 Å². The largest absolute Gasteiger partial charge is 0.508 e. The summed E-state index contributed by atoms with van der Waals surface area (Å²) in [7, 11) is 0. The number of ether oxygens (including phenoxy) is 7. The minimum atomic E-state index is -0.795. The van der Waals surface area contributed by atoms with Crippen LogP contribution >= 0.6 is 0 Å². The number of allylic oxidation sites excluding steroid dienone is 4. The molecule has 1 saturated heterocycles. The lowest BCUT2D eigenvalue weighted by molar-refractivity contribution is -0.161. The molecule has 1 fully saturated rings. The van der Waals surface area contributed by atoms with E-state index in [-0.39, 0.29) is 51.2 Å². The fourth-order valence-corrected chi connectivity index (χ4v) is 6.87. The molecule has 0 radical (unpaired) electrons. The summed E-state index contributed by atoms with van der Waals surface area (Å²) in [6, 6.07) is 0. The highest BCUT2D eigenvalue weighted by atomic mass is 16.7. The Balaban J connectivity index is 2.57. The molecule has 2 unspecified atom stereocenters. The van der Waals surface area contributed by atoms with Gasteiger partial charge in [-0.2, -0.15) is 0 Å². The van der Waals surface area contributed by atoms with Crippen LogP contribution in [0.25, 0.3) is 0 Å². The number of esters is 3. The van der Waals surface area contributed by atoms with Gasteiger partial charge in [0.25, 0.3) is 0 Å². The quantitative estimate of drug-likeness (QED) is 0.0145. The van der Waals surface area contributed by atoms with E-state index in [4.69, 9.17) is 33.2 Å². The smallest absolute Gasteiger partial charge is 0.465 e. The lowest BCUT2D eigenvalue weighted by Crippen LogP contribution is -2.37. The molecular weight excluding hydrogens is 803 g/mol. The molecule has 12 nitrogen and oxygen atoms in total. The van der Waals surface area contributed by atoms with Crippen LogP contribution in [-0.4, -0.2) is 101 Å². The lowest BCUT2D eigenvalue weighted by Gasteiger charge is -2.31. The number of unbranched alkanes of at least 4 members (excludes halogenated alkanes) is 11. The number of carbonyl (C=O) groups is 4. The molecule has 0 aromatic carbocycles. The highest BCUT2D eigenvalue weighted by molar-refractivity contribution is 5.70. The molecule has 0 amide bonds. The van der Waals surface area contributed by atoms with E-state index in [1.54, 1.807) is 0 Å². The van der Waals surface area contributed by atoms with E-state index >= 15 is 0 Å². The summed E-state index contributed by atoms with van der Waals surface area (Å²) in [5.74, 6) is 4.83. The maximum Gasteiger partial charge on any atom is 0.508 e. The van der Waals surface area contributed by atoms with E-state index < -0.39 is 30.3 Å². The van der Waals surface area contributed by atoms with Gasteiger partial charge in [-0.25, -0.2) is 4.79 Å². The van der Waals surface area contributed by atoms with E-state index in [1.807, 2.05) is 0 Å². The van der Waals surface area contributed by atoms with Crippen LogP contribution in [0.5, 0.6) is 0 Å². The fraction of sp³-hybridized carbons (Fsp3) is 0.804. The second kappa shape index (κ2) is 42.5. The number of hydrogen-bond acceptors (Lipinski definition) is 12. The van der Waals surface area contributed by atoms with Gasteiger partial charge in [0.15, 0.2) is 6.29 Å². The highest BCUT2D eigenvalue weighted by Gasteiger charge is 2.23. The van der Waals surface area contributed by atoms with E-state index in [1.165, 1.54) is 19.3 Å². The van der Waals surface area contributed by atoms with Crippen LogP contribution in [0, 0.1) is 23.7 Å². The lowest BCUT2D eigenvalue weighted by atomic mass is 9.99. The summed E-state index contributed by atoms with van der Waals surface area (Å²) >= 11 is 0. The van der Waals surface area contributed by atoms with Crippen molar-refractivity contribution in [3.05, 3.63) is 24.3 Å². The molecule has 0 N–H and O–H groups in total. The fourth-order valence-electron chi connectivity index (χ4n) is 6.87. The molecule has 0 bridgehead atoms. The maximum atomic E-state index is 13.0. The number of likely N-dealkylation sites (tertiary alicyclic amines) is 1. The van der Waals surface area contributed by atoms with Crippen molar-refractivity contribution >= 4 is 24.1 Å². The first-order valence-corrected chi connectivity index (χ1v) is 24.8. The predicted octanol–water partition coefficient (Wildman–Crippen LogP) is 11.2. The number of hydrogen-bond donors (Lipinski definition) is 0. The van der Waals surface area contributed by atoms with Gasteiger partial charge >= 0.3 is 24.1 Å². The average molecular weight is 890 g/mol. The summed E-state index contributed by atoms with van der Waals surface area (Å²) in [5.41, 5.74) is 0. The first-order valence-electron chi connectivity index (χ1n) is 24.8. The predicted molar refractivity (Wildman–Crippen MR) is 249 cm³/mol. The van der Waals surface area contributed by atoms with Crippen molar-refractivity contribution < 1.29 is 52.3 Å². The molecule has 0 spiro atoms. The third kappa shape index (κ3) is 36.6. The van der Waals surface area contributed by atoms with Crippen molar-refractivity contribution in [1.82, 2.24) is 4.90 Å². The molecular formula is C51H87NO11. The van der Waals surface area contributed by atoms with Crippen LogP contribution in [0.2, 0.25) is 0 Å². The van der Waals surface area contributed by atoms with Crippen molar-refractivity contribution in [2.45, 2.75) is 188 Å². The zero-order valence-corrected chi connectivity index (χ0v) is 40.0. The molecule has 1 heterocycles. The Bertz CT molecular complexity index is 1250. The number of rotatable bonds is 39. The van der Waals surface area contributed by atoms with Gasteiger partial charge < -0.3 is 38.1 Å². The molecule has 1 rings (SSSR count). The van der Waals surface area contributed by atoms with Crippen LogP contribution in [0.4, 0.5) is 4.79 Å². The molecule has 2 atom stereocenters. The van der Waals surface area contributed by atoms with Crippen LogP contribution < -0.4 is 0 Å². The van der Waals surface area contributed by atoms with Gasteiger partial charge in [-0.15, -0.1) is 5.92 Å². The van der Waals surface area contributed by atoms with Crippen molar-refractivity contribution in [2.75, 3.05) is 65.9 Å². The minimum Gasteiger partial charge on any atom is -0.465 e. The van der Waals surface area contributed by atoms with Crippen molar-refractivity contribution in [3.63, 3.8) is 0 Å². The average Bonchev–Trinajstić information content (AvgIpc) is 3.29. The van der Waals surface area contributed by atoms with E-state index in [9.17, 15) is 19.2 Å². The van der Waals surface area contributed by atoms with Crippen LogP contribution in [-0.2, 0) is 47.5 Å². The van der Waals surface area contributed by atoms with Crippen LogP contribution in [0.1, 0.15) is 182 Å². The zero-order valence-electron chi connectivity index (χ0n) is 40.0. The molecule has 63 heavy (non-hydrogen) atoms. The third-order valence-corrected chi connectivity index (χ3v) is 10.7. The Labute approximate surface area is 382 Å². The normalized spacial score (nSPS) is 14.7. The Morgan fingerprint density at radius 2 is 1.19 bits per heavy atom. The highest BCUT2D eigenvalue weighted by Crippen LogP contribution is 2.17. The summed E-state index contributed by atoms with van der Waals surface area (Å²) in [6.45, 7) is 12.8. The monoisotopic (exact) mass is 890 g/mol. The second-order valence-electron chi connectivity index (χ2n) is 16.5. The Morgan fingerprint density at radius 3 is 1.81 bits per heavy atom. The molecule has 362 valence electrons. The van der Waals surface area contributed by atoms with Crippen molar-refractivity contribution in [3.8, 4) is 11.8 Å². The van der Waals surface area contributed by atoms with Gasteiger partial charge in [0.05, 0.1) is 18.9 Å². The van der Waals surface area contributed by atoms with Gasteiger partial charge in [-0.05, 0) is 96.6 Å². The number of carbonyl (C=O) groups excluding carboxylic acids is 4. The molecule has 0 aliphatic carbocycles. The van der Waals surface area contributed by atoms with Crippen molar-refractivity contribution in [1.29, 1.82) is 0 Å². The molecule has 12 heteroatoms. The van der Waals surface area contributed by atoms with Crippen LogP contribution in [0.3, 0.4) is 0 Å². The van der Waals surface area contributed by atoms with E-state index in [0.29, 0.717) is 51.9 Å². The van der Waals surface area contributed by atoms with E-state index in [0.717, 1.165) is 110 Å². The number of nitrogens with zero attached hydrogens (tertiary/aromatic N) is 1. The maximum absolute atomic E-state index is 13.0. The first kappa shape index (κ1) is 57.6. The Morgan fingerprint density at radius 1 is 0.603 bits per heavy atom. The number of piperidine rings is 1. The van der Waals surface area contributed by atoms with Gasteiger partial charge in [0.1, 0.15) is 26.4 Å². The first-order chi connectivity index (χ1) is 30.8. The summed E-state index contributed by atoms with van der Waals surface area (Å²) < 4.78 is 39.5. The molecule has 0 aromatic heterocycles. The molecule has 0 aromatic rings. The Hall–Kier alpha value is -3.40. The van der Waals surface area contributed by atoms with Gasteiger partial charge in [-0.1, -0.05) is 90.0 Å². The van der Waals surface area contributed by atoms with Crippen LogP contribution in [0.15, 0.2) is 24.3 Å². The zero-order chi connectivity index (χ0) is 45.9. The standard InChI is InChI=1S/C51H87NO11/c1-5-9-12-15-18-19-24-27-37-57-47(53)32-25-20-21-26-33-48(54)60-42-46(44-63-51(56)62-41-45-31-30-36-52(8-4)40-45)43-61-49(55)34-35-50(58-38-28-22-16-13-10-6-2)59-39-29-23-17-14-11-7-3/h10-11,13-14,45-46,50H,5-9,12,15-18,20-23,25-44H2,1-4H3/b13-10-,14-11-. The molecule has 0 saturated carbocycles. The van der Waals surface area contributed by atoms with Gasteiger partial charge in [0.2, 0.25) is 0 Å². The van der Waals surface area contributed by atoms with E-state index in [2.05, 4.69) is 68.7 Å². The molecule has 1 aliphatic rings. The summed E-state index contributed by atoms with van der Waals surface area (Å²) in [5, 5.41) is 0. The summed E-state index contributed by atoms with van der Waals surface area (Å²) in [6.07, 6.45) is 27.4. The summed E-state index contributed by atoms with van der Waals surface area (Å²) in [4.78, 5) is 52.7. The minimum absolute atomic E-state index is 0.0837. The Kier molecular flexibility index (Phi) is 38.9. The molecule has 1 aliphatic heterocycles. The van der Waals surface area contributed by atoms with Crippen molar-refractivity contribution in [2.24, 2.45) is 11.8 Å². The topological polar surface area (TPSA) is 136 Å².